The van der Waals surface area contributed by atoms with Crippen molar-refractivity contribution in [2.75, 3.05) is 20.7 Å². The molecule has 0 aliphatic rings. The largest absolute Gasteiger partial charge is 0.461 e. The Balaban J connectivity index is 5.10. The van der Waals surface area contributed by atoms with Gasteiger partial charge in [-0.2, -0.15) is 0 Å². The third kappa shape index (κ3) is 3.09. The van der Waals surface area contributed by atoms with Gasteiger partial charge in [0, 0.05) is 19.7 Å². The SMILES string of the molecule is C=CC(C=C)=C(C(=O)OCC)N(C)C. The summed E-state index contributed by atoms with van der Waals surface area (Å²) in [5.74, 6) is -0.354. The van der Waals surface area contributed by atoms with E-state index in [1.807, 2.05) is 0 Å². The van der Waals surface area contributed by atoms with Crippen LogP contribution in [0.2, 0.25) is 0 Å². The maximum Gasteiger partial charge on any atom is 0.355 e. The number of allylic oxidation sites excluding steroid dienone is 3. The molecule has 0 atom stereocenters. The maximum atomic E-state index is 11.5. The van der Waals surface area contributed by atoms with E-state index in [4.69, 9.17) is 4.74 Å². The molecule has 0 bridgehead atoms. The first-order valence-electron chi connectivity index (χ1n) is 4.42. The fourth-order valence-electron chi connectivity index (χ4n) is 1.03. The zero-order valence-corrected chi connectivity index (χ0v) is 9.04. The van der Waals surface area contributed by atoms with E-state index in [9.17, 15) is 4.79 Å². The molecule has 3 heteroatoms. The smallest absolute Gasteiger partial charge is 0.355 e. The molecule has 0 heterocycles. The molecule has 0 saturated heterocycles. The van der Waals surface area contributed by atoms with E-state index in [2.05, 4.69) is 13.2 Å². The Hall–Kier alpha value is -1.51. The van der Waals surface area contributed by atoms with Crippen molar-refractivity contribution in [3.8, 4) is 0 Å². The second-order valence-corrected chi connectivity index (χ2v) is 2.83. The quantitative estimate of drug-likeness (QED) is 0.380. The van der Waals surface area contributed by atoms with Crippen molar-refractivity contribution in [3.05, 3.63) is 36.6 Å². The van der Waals surface area contributed by atoms with Crippen LogP contribution in [0.3, 0.4) is 0 Å². The highest BCUT2D eigenvalue weighted by molar-refractivity contribution is 5.89. The molecule has 0 spiro atoms. The van der Waals surface area contributed by atoms with Gasteiger partial charge in [0.25, 0.3) is 0 Å². The average Bonchev–Trinajstić information content (AvgIpc) is 2.13. The van der Waals surface area contributed by atoms with Crippen LogP contribution in [0.5, 0.6) is 0 Å². The number of esters is 1. The molecule has 0 aliphatic carbocycles. The molecule has 0 N–H and O–H groups in total. The number of carbonyl (C=O) groups excluding carboxylic acids is 1. The Morgan fingerprint density at radius 2 is 1.86 bits per heavy atom. The Labute approximate surface area is 85.4 Å². The van der Waals surface area contributed by atoms with Crippen LogP contribution in [0.1, 0.15) is 6.92 Å². The normalized spacial score (nSPS) is 8.79. The lowest BCUT2D eigenvalue weighted by atomic mass is 10.2. The summed E-state index contributed by atoms with van der Waals surface area (Å²) in [4.78, 5) is 13.2. The van der Waals surface area contributed by atoms with Crippen molar-refractivity contribution in [3.63, 3.8) is 0 Å². The minimum atomic E-state index is -0.354. The molecule has 0 radical (unpaired) electrons. The highest BCUT2D eigenvalue weighted by Gasteiger charge is 2.15. The molecule has 14 heavy (non-hydrogen) atoms. The van der Waals surface area contributed by atoms with Crippen molar-refractivity contribution in [2.45, 2.75) is 6.92 Å². The summed E-state index contributed by atoms with van der Waals surface area (Å²) in [6, 6.07) is 0. The van der Waals surface area contributed by atoms with E-state index >= 15 is 0 Å². The maximum absolute atomic E-state index is 11.5. The molecule has 0 fully saturated rings. The number of nitrogens with zero attached hydrogens (tertiary/aromatic N) is 1. The van der Waals surface area contributed by atoms with E-state index in [1.54, 1.807) is 38.1 Å². The van der Waals surface area contributed by atoms with Crippen molar-refractivity contribution in [1.82, 2.24) is 4.90 Å². The zero-order chi connectivity index (χ0) is 11.1. The second kappa shape index (κ2) is 6.02. The molecule has 3 nitrogen and oxygen atoms in total. The van der Waals surface area contributed by atoms with Gasteiger partial charge in [0.15, 0.2) is 0 Å². The van der Waals surface area contributed by atoms with E-state index in [0.717, 1.165) is 0 Å². The predicted molar refractivity (Wildman–Crippen MR) is 57.7 cm³/mol. The van der Waals surface area contributed by atoms with E-state index in [0.29, 0.717) is 17.9 Å². The molecule has 0 amide bonds. The highest BCUT2D eigenvalue weighted by Crippen LogP contribution is 2.11. The molecular weight excluding hydrogens is 178 g/mol. The average molecular weight is 195 g/mol. The summed E-state index contributed by atoms with van der Waals surface area (Å²) >= 11 is 0. The Bertz CT molecular complexity index is 254. The lowest BCUT2D eigenvalue weighted by molar-refractivity contribution is -0.140. The van der Waals surface area contributed by atoms with Crippen molar-refractivity contribution in [2.24, 2.45) is 0 Å². The first-order chi connectivity index (χ1) is 6.58. The van der Waals surface area contributed by atoms with Gasteiger partial charge in [0.1, 0.15) is 5.70 Å². The van der Waals surface area contributed by atoms with E-state index in [-0.39, 0.29) is 5.97 Å². The highest BCUT2D eigenvalue weighted by atomic mass is 16.5. The van der Waals surface area contributed by atoms with Gasteiger partial charge in [-0.1, -0.05) is 25.3 Å². The first kappa shape index (κ1) is 12.5. The summed E-state index contributed by atoms with van der Waals surface area (Å²) < 4.78 is 4.92. The molecule has 0 aromatic heterocycles. The standard InChI is InChI=1S/C11H17NO2/c1-6-9(7-2)10(12(4)5)11(13)14-8-3/h6-7H,1-2,8H2,3-5H3. The molecule has 0 aromatic rings. The van der Waals surface area contributed by atoms with Crippen LogP contribution in [0.25, 0.3) is 0 Å². The molecule has 0 rings (SSSR count). The summed E-state index contributed by atoms with van der Waals surface area (Å²) in [6.45, 7) is 9.36. The Morgan fingerprint density at radius 3 is 2.14 bits per heavy atom. The van der Waals surface area contributed by atoms with Crippen molar-refractivity contribution in [1.29, 1.82) is 0 Å². The molecule has 0 aliphatic heterocycles. The summed E-state index contributed by atoms with van der Waals surface area (Å²) in [5, 5.41) is 0. The second-order valence-electron chi connectivity index (χ2n) is 2.83. The van der Waals surface area contributed by atoms with Crippen LogP contribution in [0, 0.1) is 0 Å². The number of hydrogen-bond donors (Lipinski definition) is 0. The molecule has 0 aromatic carbocycles. The van der Waals surface area contributed by atoms with Crippen LogP contribution >= 0.6 is 0 Å². The van der Waals surface area contributed by atoms with Crippen LogP contribution < -0.4 is 0 Å². The summed E-state index contributed by atoms with van der Waals surface area (Å²) in [6.07, 6.45) is 3.17. The number of hydrogen-bond acceptors (Lipinski definition) is 3. The van der Waals surface area contributed by atoms with Gasteiger partial charge in [0.05, 0.1) is 6.61 Å². The number of ether oxygens (including phenoxy) is 1. The summed E-state index contributed by atoms with van der Waals surface area (Å²) in [5.41, 5.74) is 1.14. The third-order valence-electron chi connectivity index (χ3n) is 1.63. The topological polar surface area (TPSA) is 29.5 Å². The van der Waals surface area contributed by atoms with Crippen LogP contribution in [0.15, 0.2) is 36.6 Å². The molecule has 78 valence electrons. The zero-order valence-electron chi connectivity index (χ0n) is 9.04. The van der Waals surface area contributed by atoms with Crippen LogP contribution in [-0.4, -0.2) is 31.6 Å². The fourth-order valence-corrected chi connectivity index (χ4v) is 1.03. The first-order valence-corrected chi connectivity index (χ1v) is 4.42. The summed E-state index contributed by atoms with van der Waals surface area (Å²) in [7, 11) is 3.55. The number of likely N-dealkylation sites (N-methyl/N-ethyl adjacent to an activating group) is 1. The number of rotatable bonds is 5. The lowest BCUT2D eigenvalue weighted by Crippen LogP contribution is -2.22. The van der Waals surface area contributed by atoms with Crippen LogP contribution in [-0.2, 0) is 9.53 Å². The Kier molecular flexibility index (Phi) is 5.37. The van der Waals surface area contributed by atoms with E-state index < -0.39 is 0 Å². The van der Waals surface area contributed by atoms with E-state index in [1.165, 1.54) is 0 Å². The van der Waals surface area contributed by atoms with Gasteiger partial charge in [-0.3, -0.25) is 0 Å². The molecular formula is C11H17NO2. The third-order valence-corrected chi connectivity index (χ3v) is 1.63. The van der Waals surface area contributed by atoms with Gasteiger partial charge >= 0.3 is 5.97 Å². The number of carbonyl (C=O) groups is 1. The van der Waals surface area contributed by atoms with Gasteiger partial charge in [0.2, 0.25) is 0 Å². The predicted octanol–water partition coefficient (Wildman–Crippen LogP) is 1.74. The molecule has 0 unspecified atom stereocenters. The van der Waals surface area contributed by atoms with Gasteiger partial charge in [-0.25, -0.2) is 4.79 Å². The van der Waals surface area contributed by atoms with Crippen molar-refractivity contribution >= 4 is 5.97 Å². The van der Waals surface area contributed by atoms with Gasteiger partial charge in [-0.05, 0) is 6.92 Å². The minimum Gasteiger partial charge on any atom is -0.461 e. The van der Waals surface area contributed by atoms with Crippen molar-refractivity contribution < 1.29 is 9.53 Å². The van der Waals surface area contributed by atoms with Crippen LogP contribution in [0.4, 0.5) is 0 Å². The Morgan fingerprint density at radius 1 is 1.36 bits per heavy atom. The van der Waals surface area contributed by atoms with Gasteiger partial charge < -0.3 is 9.64 Å². The lowest BCUT2D eigenvalue weighted by Gasteiger charge is -2.17. The molecule has 0 saturated carbocycles. The fraction of sp³-hybridized carbons (Fsp3) is 0.364. The minimum absolute atomic E-state index is 0.354. The monoisotopic (exact) mass is 195 g/mol. The van der Waals surface area contributed by atoms with Gasteiger partial charge in [-0.15, -0.1) is 0 Å².